The summed E-state index contributed by atoms with van der Waals surface area (Å²) < 4.78 is 63.8. The second kappa shape index (κ2) is 4.10. The standard InChI is InChI=1S/C9H12F2O6S/c10-9(11,18(13,14)15)5-16-7(12)6-1-2-8(3-6)4-17-8/h6H,1-5H2,(H,13,14,15). The highest BCUT2D eigenvalue weighted by Gasteiger charge is 2.53. The first kappa shape index (κ1) is 13.6. The van der Waals surface area contributed by atoms with E-state index in [1.165, 1.54) is 0 Å². The van der Waals surface area contributed by atoms with E-state index in [1.54, 1.807) is 0 Å². The highest BCUT2D eigenvalue weighted by molar-refractivity contribution is 7.86. The van der Waals surface area contributed by atoms with Gasteiger partial charge in [0, 0.05) is 0 Å². The summed E-state index contributed by atoms with van der Waals surface area (Å²) in [5.41, 5.74) is -0.296. The van der Waals surface area contributed by atoms with Crippen LogP contribution in [0.2, 0.25) is 0 Å². The third kappa shape index (κ3) is 2.62. The van der Waals surface area contributed by atoms with Gasteiger partial charge in [-0.2, -0.15) is 17.2 Å². The number of esters is 1. The number of carbonyl (C=O) groups is 1. The lowest BCUT2D eigenvalue weighted by molar-refractivity contribution is -0.154. The molecule has 0 amide bonds. The highest BCUT2D eigenvalue weighted by atomic mass is 32.2. The number of ether oxygens (including phenoxy) is 2. The van der Waals surface area contributed by atoms with Crippen molar-refractivity contribution in [3.8, 4) is 0 Å². The zero-order valence-electron chi connectivity index (χ0n) is 9.27. The molecular weight excluding hydrogens is 274 g/mol. The van der Waals surface area contributed by atoms with Crippen molar-refractivity contribution in [3.05, 3.63) is 0 Å². The van der Waals surface area contributed by atoms with Crippen LogP contribution in [-0.2, 0) is 24.4 Å². The number of alkyl halides is 2. The molecule has 2 rings (SSSR count). The van der Waals surface area contributed by atoms with Gasteiger partial charge in [-0.1, -0.05) is 0 Å². The van der Waals surface area contributed by atoms with Crippen LogP contribution in [0.5, 0.6) is 0 Å². The minimum absolute atomic E-state index is 0.296. The minimum Gasteiger partial charge on any atom is -0.458 e. The van der Waals surface area contributed by atoms with Crippen LogP contribution in [0.4, 0.5) is 8.78 Å². The van der Waals surface area contributed by atoms with Gasteiger partial charge in [0.1, 0.15) is 0 Å². The van der Waals surface area contributed by atoms with E-state index in [2.05, 4.69) is 4.74 Å². The van der Waals surface area contributed by atoms with Gasteiger partial charge in [-0.15, -0.1) is 0 Å². The van der Waals surface area contributed by atoms with E-state index in [9.17, 15) is 22.0 Å². The number of halogens is 2. The fraction of sp³-hybridized carbons (Fsp3) is 0.889. The molecule has 2 atom stereocenters. The van der Waals surface area contributed by atoms with Crippen LogP contribution in [0.15, 0.2) is 0 Å². The fourth-order valence-electron chi connectivity index (χ4n) is 2.00. The van der Waals surface area contributed by atoms with E-state index in [-0.39, 0.29) is 5.60 Å². The lowest BCUT2D eigenvalue weighted by Crippen LogP contribution is -2.35. The Morgan fingerprint density at radius 3 is 2.61 bits per heavy atom. The maximum atomic E-state index is 12.8. The summed E-state index contributed by atoms with van der Waals surface area (Å²) in [7, 11) is -5.57. The summed E-state index contributed by atoms with van der Waals surface area (Å²) in [4.78, 5) is 11.4. The Kier molecular flexibility index (Phi) is 3.11. The van der Waals surface area contributed by atoms with Gasteiger partial charge in [0.05, 0.1) is 18.1 Å². The van der Waals surface area contributed by atoms with Crippen molar-refractivity contribution in [1.82, 2.24) is 0 Å². The summed E-state index contributed by atoms with van der Waals surface area (Å²) in [6.07, 6.45) is 1.54. The van der Waals surface area contributed by atoms with Gasteiger partial charge in [0.2, 0.25) is 0 Å². The summed E-state index contributed by atoms with van der Waals surface area (Å²) in [6, 6.07) is 0. The molecule has 1 N–H and O–H groups in total. The van der Waals surface area contributed by atoms with Gasteiger partial charge >= 0.3 is 21.3 Å². The van der Waals surface area contributed by atoms with Gasteiger partial charge in [0.25, 0.3) is 0 Å². The van der Waals surface area contributed by atoms with E-state index in [0.29, 0.717) is 25.9 Å². The molecule has 0 aromatic carbocycles. The van der Waals surface area contributed by atoms with Crippen LogP contribution in [0, 0.1) is 5.92 Å². The van der Waals surface area contributed by atoms with Crippen LogP contribution in [0.3, 0.4) is 0 Å². The summed E-state index contributed by atoms with van der Waals surface area (Å²) >= 11 is 0. The molecule has 1 saturated heterocycles. The number of carbonyl (C=O) groups excluding carboxylic acids is 1. The SMILES string of the molecule is O=C(OCC(F)(F)S(=O)(=O)O)C1CCC2(CO2)C1. The first-order valence-electron chi connectivity index (χ1n) is 5.31. The Bertz CT molecular complexity index is 456. The van der Waals surface area contributed by atoms with E-state index < -0.39 is 33.9 Å². The normalized spacial score (nSPS) is 31.6. The van der Waals surface area contributed by atoms with Crippen molar-refractivity contribution in [2.45, 2.75) is 30.1 Å². The molecule has 0 aromatic heterocycles. The molecular formula is C9H12F2O6S. The molecule has 2 aliphatic rings. The molecule has 1 saturated carbocycles. The highest BCUT2D eigenvalue weighted by Crippen LogP contribution is 2.46. The van der Waals surface area contributed by atoms with Crippen molar-refractivity contribution in [2.24, 2.45) is 5.92 Å². The third-order valence-corrected chi connectivity index (χ3v) is 4.09. The first-order valence-corrected chi connectivity index (χ1v) is 6.75. The number of hydrogen-bond acceptors (Lipinski definition) is 5. The van der Waals surface area contributed by atoms with Gasteiger partial charge in [-0.3, -0.25) is 9.35 Å². The topological polar surface area (TPSA) is 93.2 Å². The van der Waals surface area contributed by atoms with Crippen LogP contribution >= 0.6 is 0 Å². The molecule has 1 aliphatic heterocycles. The van der Waals surface area contributed by atoms with Crippen molar-refractivity contribution >= 4 is 16.1 Å². The summed E-state index contributed by atoms with van der Waals surface area (Å²) in [6.45, 7) is -1.12. The Morgan fingerprint density at radius 1 is 1.56 bits per heavy atom. The van der Waals surface area contributed by atoms with Crippen molar-refractivity contribution in [1.29, 1.82) is 0 Å². The number of hydrogen-bond donors (Lipinski definition) is 1. The van der Waals surface area contributed by atoms with Crippen LogP contribution in [0.1, 0.15) is 19.3 Å². The average molecular weight is 286 g/mol. The maximum absolute atomic E-state index is 12.8. The Morgan fingerprint density at radius 2 is 2.17 bits per heavy atom. The van der Waals surface area contributed by atoms with E-state index in [4.69, 9.17) is 9.29 Å². The van der Waals surface area contributed by atoms with Crippen molar-refractivity contribution < 1.29 is 36.0 Å². The fourth-order valence-corrected chi connectivity index (χ4v) is 2.21. The second-order valence-electron chi connectivity index (χ2n) is 4.63. The van der Waals surface area contributed by atoms with E-state index >= 15 is 0 Å². The average Bonchev–Trinajstić information content (AvgIpc) is 2.84. The summed E-state index contributed by atoms with van der Waals surface area (Å²) in [5.74, 6) is -1.43. The maximum Gasteiger partial charge on any atom is 0.402 e. The van der Waals surface area contributed by atoms with Gasteiger partial charge < -0.3 is 9.47 Å². The monoisotopic (exact) mass is 286 g/mol. The van der Waals surface area contributed by atoms with Crippen molar-refractivity contribution in [2.75, 3.05) is 13.2 Å². The molecule has 0 radical (unpaired) electrons. The van der Waals surface area contributed by atoms with E-state index in [1.807, 2.05) is 0 Å². The Labute approximate surface area is 102 Å². The predicted octanol–water partition coefficient (Wildman–Crippen LogP) is 0.579. The molecule has 0 aromatic rings. The van der Waals surface area contributed by atoms with Gasteiger partial charge in [-0.05, 0) is 19.3 Å². The van der Waals surface area contributed by atoms with Gasteiger partial charge in [-0.25, -0.2) is 0 Å². The van der Waals surface area contributed by atoms with Crippen LogP contribution in [0.25, 0.3) is 0 Å². The molecule has 9 heteroatoms. The number of epoxide rings is 1. The van der Waals surface area contributed by atoms with Gasteiger partial charge in [0.15, 0.2) is 6.61 Å². The third-order valence-electron chi connectivity index (χ3n) is 3.21. The molecule has 1 heterocycles. The first-order chi connectivity index (χ1) is 8.15. The molecule has 1 spiro atoms. The zero-order chi connectivity index (χ0) is 13.6. The quantitative estimate of drug-likeness (QED) is 0.461. The molecule has 18 heavy (non-hydrogen) atoms. The lowest BCUT2D eigenvalue weighted by atomic mass is 10.1. The largest absolute Gasteiger partial charge is 0.458 e. The predicted molar refractivity (Wildman–Crippen MR) is 53.5 cm³/mol. The smallest absolute Gasteiger partial charge is 0.402 e. The number of rotatable bonds is 4. The molecule has 0 bridgehead atoms. The molecule has 2 fully saturated rings. The zero-order valence-corrected chi connectivity index (χ0v) is 10.1. The molecule has 1 aliphatic carbocycles. The Balaban J connectivity index is 1.85. The lowest BCUT2D eigenvalue weighted by Gasteiger charge is -2.15. The summed E-state index contributed by atoms with van der Waals surface area (Å²) in [5, 5.41) is -4.48. The molecule has 6 nitrogen and oxygen atoms in total. The Hall–Kier alpha value is -0.800. The van der Waals surface area contributed by atoms with Crippen LogP contribution < -0.4 is 0 Å². The second-order valence-corrected chi connectivity index (χ2v) is 6.18. The van der Waals surface area contributed by atoms with Crippen molar-refractivity contribution in [3.63, 3.8) is 0 Å². The molecule has 2 unspecified atom stereocenters. The van der Waals surface area contributed by atoms with E-state index in [0.717, 1.165) is 0 Å². The molecule has 104 valence electrons. The van der Waals surface area contributed by atoms with Crippen LogP contribution in [-0.4, -0.2) is 43.0 Å². The minimum atomic E-state index is -5.57.